The van der Waals surface area contributed by atoms with Gasteiger partial charge in [0.15, 0.2) is 6.61 Å². The second-order valence-corrected chi connectivity index (χ2v) is 7.94. The van der Waals surface area contributed by atoms with Gasteiger partial charge in [0, 0.05) is 6.54 Å². The largest absolute Gasteiger partial charge is 0.481 e. The first kappa shape index (κ1) is 20.1. The number of carbonyl (C=O) groups excluding carboxylic acids is 1. The van der Waals surface area contributed by atoms with Crippen molar-refractivity contribution in [3.8, 4) is 0 Å². The van der Waals surface area contributed by atoms with Gasteiger partial charge in [-0.25, -0.2) is 4.79 Å². The summed E-state index contributed by atoms with van der Waals surface area (Å²) in [5.74, 6) is -1.29. The third kappa shape index (κ3) is 6.92. The van der Waals surface area contributed by atoms with Crippen molar-refractivity contribution in [1.29, 1.82) is 0 Å². The maximum Gasteiger partial charge on any atom is 0.334 e. The molecule has 0 bridgehead atoms. The minimum absolute atomic E-state index is 0.0858. The van der Waals surface area contributed by atoms with Gasteiger partial charge in [0.25, 0.3) is 0 Å². The van der Waals surface area contributed by atoms with Crippen LogP contribution in [0, 0.1) is 5.92 Å². The molecule has 2 aliphatic rings. The highest BCUT2D eigenvalue weighted by atomic mass is 16.7. The van der Waals surface area contributed by atoms with Crippen LogP contribution in [0.5, 0.6) is 0 Å². The van der Waals surface area contributed by atoms with E-state index in [1.807, 2.05) is 25.8 Å². The van der Waals surface area contributed by atoms with Gasteiger partial charge >= 0.3 is 11.9 Å². The highest BCUT2D eigenvalue weighted by Crippen LogP contribution is 2.27. The summed E-state index contributed by atoms with van der Waals surface area (Å²) in [6, 6.07) is 0.139. The van der Waals surface area contributed by atoms with Crippen LogP contribution in [0.4, 0.5) is 0 Å². The molecule has 2 rings (SSSR count). The molecule has 0 amide bonds. The van der Waals surface area contributed by atoms with E-state index in [-0.39, 0.29) is 30.6 Å². The van der Waals surface area contributed by atoms with Crippen LogP contribution >= 0.6 is 0 Å². The number of carboxylic acid groups (broad SMARTS) is 1. The number of rotatable bonds is 7. The molecule has 0 radical (unpaired) electrons. The Morgan fingerprint density at radius 2 is 1.80 bits per heavy atom. The highest BCUT2D eigenvalue weighted by Gasteiger charge is 2.30. The minimum Gasteiger partial charge on any atom is -0.481 e. The van der Waals surface area contributed by atoms with Crippen LogP contribution in [0.2, 0.25) is 0 Å². The zero-order valence-corrected chi connectivity index (χ0v) is 15.5. The molecular weight excluding hydrogens is 326 g/mol. The lowest BCUT2D eigenvalue weighted by Crippen LogP contribution is -2.37. The average Bonchev–Trinajstić information content (AvgIpc) is 2.97. The van der Waals surface area contributed by atoms with Crippen LogP contribution in [0.15, 0.2) is 0 Å². The molecule has 2 fully saturated rings. The first-order valence-electron chi connectivity index (χ1n) is 9.20. The maximum atomic E-state index is 11.8. The highest BCUT2D eigenvalue weighted by molar-refractivity contribution is 5.71. The van der Waals surface area contributed by atoms with E-state index in [4.69, 9.17) is 19.4 Å². The molecule has 144 valence electrons. The van der Waals surface area contributed by atoms with Crippen LogP contribution in [0.25, 0.3) is 0 Å². The number of aliphatic carboxylic acids is 1. The Kier molecular flexibility index (Phi) is 7.22. The molecule has 0 aromatic heterocycles. The van der Waals surface area contributed by atoms with Crippen molar-refractivity contribution in [1.82, 2.24) is 5.06 Å². The summed E-state index contributed by atoms with van der Waals surface area (Å²) in [5.41, 5.74) is -0.511. The van der Waals surface area contributed by atoms with Gasteiger partial charge in [0.1, 0.15) is 5.60 Å². The first-order chi connectivity index (χ1) is 11.7. The quantitative estimate of drug-likeness (QED) is 0.700. The zero-order chi connectivity index (χ0) is 18.4. The van der Waals surface area contributed by atoms with Gasteiger partial charge < -0.3 is 14.6 Å². The monoisotopic (exact) mass is 357 g/mol. The fourth-order valence-corrected chi connectivity index (χ4v) is 3.38. The molecule has 1 saturated heterocycles. The van der Waals surface area contributed by atoms with Crippen molar-refractivity contribution in [3.63, 3.8) is 0 Å². The average molecular weight is 357 g/mol. The zero-order valence-electron chi connectivity index (χ0n) is 15.5. The number of ether oxygens (including phenoxy) is 2. The van der Waals surface area contributed by atoms with Crippen LogP contribution in [0.3, 0.4) is 0 Å². The van der Waals surface area contributed by atoms with Gasteiger partial charge in [-0.2, -0.15) is 5.06 Å². The standard InChI is InChI=1S/C18H31NO6/c1-18(2,3)25-16(20)12-24-19-10-4-5-14(19)11-23-15-8-6-13(7-9-15)17(21)22/h13-15H,4-12H2,1-3H3,(H,21,22)/t13-,14-,15-/m0/s1. The third-order valence-corrected chi connectivity index (χ3v) is 4.64. The molecule has 25 heavy (non-hydrogen) atoms. The lowest BCUT2D eigenvalue weighted by molar-refractivity contribution is -0.203. The lowest BCUT2D eigenvalue weighted by Gasteiger charge is -2.29. The van der Waals surface area contributed by atoms with E-state index in [2.05, 4.69) is 0 Å². The van der Waals surface area contributed by atoms with Crippen molar-refractivity contribution >= 4 is 11.9 Å². The number of esters is 1. The van der Waals surface area contributed by atoms with Crippen molar-refractivity contribution in [2.75, 3.05) is 19.8 Å². The fourth-order valence-electron chi connectivity index (χ4n) is 3.38. The molecule has 1 N–H and O–H groups in total. The summed E-state index contributed by atoms with van der Waals surface area (Å²) in [6.07, 6.45) is 5.06. The molecule has 0 aromatic rings. The summed E-state index contributed by atoms with van der Waals surface area (Å²) in [6.45, 7) is 6.74. The molecule has 1 aliphatic carbocycles. The molecule has 1 aliphatic heterocycles. The topological polar surface area (TPSA) is 85.3 Å². The number of carbonyl (C=O) groups is 2. The van der Waals surface area contributed by atoms with Crippen molar-refractivity contribution in [2.24, 2.45) is 5.92 Å². The van der Waals surface area contributed by atoms with Crippen molar-refractivity contribution < 1.29 is 29.0 Å². The van der Waals surface area contributed by atoms with Crippen molar-refractivity contribution in [2.45, 2.75) is 77.0 Å². The van der Waals surface area contributed by atoms with Crippen LogP contribution in [0.1, 0.15) is 59.3 Å². The summed E-state index contributed by atoms with van der Waals surface area (Å²) in [5, 5.41) is 10.9. The molecule has 0 aromatic carbocycles. The fraction of sp³-hybridized carbons (Fsp3) is 0.889. The molecule has 7 heteroatoms. The predicted octanol–water partition coefficient (Wildman–Crippen LogP) is 2.38. The number of hydrogen-bond donors (Lipinski definition) is 1. The number of hydrogen-bond acceptors (Lipinski definition) is 6. The molecule has 1 saturated carbocycles. The van der Waals surface area contributed by atoms with Gasteiger partial charge in [-0.05, 0) is 59.3 Å². The van der Waals surface area contributed by atoms with E-state index in [9.17, 15) is 9.59 Å². The second-order valence-electron chi connectivity index (χ2n) is 7.94. The van der Waals surface area contributed by atoms with Crippen molar-refractivity contribution in [3.05, 3.63) is 0 Å². The van der Waals surface area contributed by atoms with Gasteiger partial charge in [0.2, 0.25) is 0 Å². The predicted molar refractivity (Wildman–Crippen MR) is 90.9 cm³/mol. The van der Waals surface area contributed by atoms with Gasteiger partial charge in [-0.3, -0.25) is 9.63 Å². The Balaban J connectivity index is 1.68. The smallest absolute Gasteiger partial charge is 0.334 e. The van der Waals surface area contributed by atoms with Crippen LogP contribution < -0.4 is 0 Å². The van der Waals surface area contributed by atoms with E-state index < -0.39 is 11.6 Å². The summed E-state index contributed by atoms with van der Waals surface area (Å²) in [4.78, 5) is 28.4. The number of hydroxylamine groups is 2. The van der Waals surface area contributed by atoms with Crippen LogP contribution in [-0.2, 0) is 23.9 Å². The Hall–Kier alpha value is -1.18. The molecule has 1 atom stereocenters. The minimum atomic E-state index is -0.698. The third-order valence-electron chi connectivity index (χ3n) is 4.64. The van der Waals surface area contributed by atoms with Gasteiger partial charge in [-0.1, -0.05) is 0 Å². The normalized spacial score (nSPS) is 28.0. The SMILES string of the molecule is CC(C)(C)OC(=O)CON1CCC[C@H]1CO[C@H]1CC[C@H](C(=O)O)CC1. The molecule has 1 heterocycles. The van der Waals surface area contributed by atoms with E-state index >= 15 is 0 Å². The Bertz CT molecular complexity index is 453. The maximum absolute atomic E-state index is 11.8. The first-order valence-corrected chi connectivity index (χ1v) is 9.20. The van der Waals surface area contributed by atoms with E-state index in [1.54, 1.807) is 0 Å². The Morgan fingerprint density at radius 1 is 1.12 bits per heavy atom. The summed E-state index contributed by atoms with van der Waals surface area (Å²) in [7, 11) is 0. The van der Waals surface area contributed by atoms with E-state index in [0.717, 1.165) is 32.2 Å². The summed E-state index contributed by atoms with van der Waals surface area (Å²) < 4.78 is 11.2. The Morgan fingerprint density at radius 3 is 2.40 bits per heavy atom. The molecular formula is C18H31NO6. The van der Waals surface area contributed by atoms with E-state index in [0.29, 0.717) is 19.4 Å². The van der Waals surface area contributed by atoms with Gasteiger partial charge in [-0.15, -0.1) is 0 Å². The van der Waals surface area contributed by atoms with Crippen LogP contribution in [-0.4, -0.2) is 59.6 Å². The van der Waals surface area contributed by atoms with E-state index in [1.165, 1.54) is 0 Å². The molecule has 0 spiro atoms. The number of nitrogens with zero attached hydrogens (tertiary/aromatic N) is 1. The summed E-state index contributed by atoms with van der Waals surface area (Å²) >= 11 is 0. The van der Waals surface area contributed by atoms with Gasteiger partial charge in [0.05, 0.1) is 24.7 Å². The number of carboxylic acids is 1. The molecule has 0 unspecified atom stereocenters. The molecule has 7 nitrogen and oxygen atoms in total. The lowest BCUT2D eigenvalue weighted by atomic mass is 9.87. The Labute approximate surface area is 149 Å². The second kappa shape index (κ2) is 8.96.